The van der Waals surface area contributed by atoms with Crippen LogP contribution in [0.15, 0.2) is 30.3 Å². The van der Waals surface area contributed by atoms with Gasteiger partial charge in [-0.3, -0.25) is 0 Å². The van der Waals surface area contributed by atoms with Crippen LogP contribution in [-0.2, 0) is 4.74 Å². The Labute approximate surface area is 173 Å². The number of benzene rings is 1. The number of hydrogen-bond acceptors (Lipinski definition) is 7. The average Bonchev–Trinajstić information content (AvgIpc) is 3.18. The van der Waals surface area contributed by atoms with E-state index in [4.69, 9.17) is 20.0 Å². The molecule has 0 N–H and O–H groups in total. The van der Waals surface area contributed by atoms with Crippen molar-refractivity contribution in [1.82, 2.24) is 9.97 Å². The van der Waals surface area contributed by atoms with Gasteiger partial charge in [-0.1, -0.05) is 41.2 Å². The molecule has 3 heterocycles. The molecule has 0 unspecified atom stereocenters. The topological polar surface area (TPSA) is 79.1 Å². The van der Waals surface area contributed by atoms with Gasteiger partial charge in [-0.05, 0) is 39.2 Å². The first-order valence-corrected chi connectivity index (χ1v) is 10.6. The van der Waals surface area contributed by atoms with Crippen LogP contribution in [0.3, 0.4) is 0 Å². The number of piperidine rings is 1. The second kappa shape index (κ2) is 8.18. The zero-order chi connectivity index (χ0) is 20.4. The fourth-order valence-electron chi connectivity index (χ4n) is 3.40. The van der Waals surface area contributed by atoms with Gasteiger partial charge in [-0.25, -0.2) is 9.78 Å². The third-order valence-corrected chi connectivity index (χ3v) is 6.15. The van der Waals surface area contributed by atoms with E-state index < -0.39 is 12.1 Å². The first-order valence-electron chi connectivity index (χ1n) is 9.79. The van der Waals surface area contributed by atoms with Crippen molar-refractivity contribution in [3.8, 4) is 17.3 Å². The predicted molar refractivity (Wildman–Crippen MR) is 114 cm³/mol. The number of fused-ring (bicyclic) bond motifs is 1. The zero-order valence-corrected chi connectivity index (χ0v) is 17.3. The second-order valence-electron chi connectivity index (χ2n) is 7.29. The Balaban J connectivity index is 1.81. The maximum Gasteiger partial charge on any atom is 0.341 e. The molecule has 0 amide bonds. The van der Waals surface area contributed by atoms with E-state index >= 15 is 0 Å². The number of nitrogens with zero attached hydrogens (tertiary/aromatic N) is 4. The van der Waals surface area contributed by atoms with Gasteiger partial charge in [0.2, 0.25) is 0 Å². The Morgan fingerprint density at radius 1 is 1.21 bits per heavy atom. The zero-order valence-electron chi connectivity index (χ0n) is 16.5. The summed E-state index contributed by atoms with van der Waals surface area (Å²) in [7, 11) is 0. The van der Waals surface area contributed by atoms with Gasteiger partial charge in [-0.2, -0.15) is 10.2 Å². The van der Waals surface area contributed by atoms with Gasteiger partial charge in [0.15, 0.2) is 16.9 Å². The summed E-state index contributed by atoms with van der Waals surface area (Å²) in [5.74, 6) is -0.520. The van der Waals surface area contributed by atoms with E-state index in [2.05, 4.69) is 4.90 Å². The van der Waals surface area contributed by atoms with Crippen molar-refractivity contribution >= 4 is 32.8 Å². The molecular formula is C22H22N4O2S. The average molecular weight is 407 g/mol. The third-order valence-electron chi connectivity index (χ3n) is 5.01. The Hall–Kier alpha value is -2.98. The lowest BCUT2D eigenvalue weighted by Gasteiger charge is -2.25. The summed E-state index contributed by atoms with van der Waals surface area (Å²) in [4.78, 5) is 24.5. The van der Waals surface area contributed by atoms with Gasteiger partial charge in [-0.15, -0.1) is 0 Å². The highest BCUT2D eigenvalue weighted by Crippen LogP contribution is 2.34. The number of hydrogen-bond donors (Lipinski definition) is 0. The molecule has 0 bridgehead atoms. The standard InChI is InChI=1S/C22H22N4O2S/c1-14-6-8-16(9-7-14)18-12-17(21(27)28-15(2)13-23)19-20(24-18)25-22(29-19)26-10-4-3-5-11-26/h6-9,12,15H,3-5,10-11H2,1-2H3/t15-/m0/s1. The molecule has 6 nitrogen and oxygen atoms in total. The number of aromatic nitrogens is 2. The molecule has 29 heavy (non-hydrogen) atoms. The number of carbonyl (C=O) groups excluding carboxylic acids is 1. The summed E-state index contributed by atoms with van der Waals surface area (Å²) in [6, 6.07) is 11.7. The van der Waals surface area contributed by atoms with Crippen LogP contribution in [0.1, 0.15) is 42.1 Å². The van der Waals surface area contributed by atoms with Crippen molar-refractivity contribution in [2.24, 2.45) is 0 Å². The largest absolute Gasteiger partial charge is 0.444 e. The lowest BCUT2D eigenvalue weighted by atomic mass is 10.1. The highest BCUT2D eigenvalue weighted by Gasteiger charge is 2.23. The summed E-state index contributed by atoms with van der Waals surface area (Å²) in [6.07, 6.45) is 2.71. The van der Waals surface area contributed by atoms with Crippen LogP contribution < -0.4 is 4.90 Å². The molecule has 4 rings (SSSR count). The van der Waals surface area contributed by atoms with Gasteiger partial charge in [0, 0.05) is 18.7 Å². The van der Waals surface area contributed by atoms with Crippen LogP contribution in [0, 0.1) is 18.3 Å². The Kier molecular flexibility index (Phi) is 5.45. The number of rotatable bonds is 4. The maximum atomic E-state index is 12.8. The smallest absolute Gasteiger partial charge is 0.341 e. The summed E-state index contributed by atoms with van der Waals surface area (Å²) >= 11 is 1.47. The molecule has 1 aliphatic heterocycles. The van der Waals surface area contributed by atoms with Crippen LogP contribution in [0.2, 0.25) is 0 Å². The van der Waals surface area contributed by atoms with Gasteiger partial charge < -0.3 is 9.64 Å². The van der Waals surface area contributed by atoms with E-state index in [1.165, 1.54) is 17.8 Å². The number of nitriles is 1. The van der Waals surface area contributed by atoms with E-state index in [1.807, 2.05) is 37.3 Å². The van der Waals surface area contributed by atoms with Crippen LogP contribution in [0.4, 0.5) is 5.13 Å². The monoisotopic (exact) mass is 406 g/mol. The third kappa shape index (κ3) is 4.08. The summed E-state index contributed by atoms with van der Waals surface area (Å²) in [5.41, 5.74) is 3.69. The van der Waals surface area contributed by atoms with Gasteiger partial charge in [0.1, 0.15) is 6.07 Å². The first kappa shape index (κ1) is 19.3. The SMILES string of the molecule is Cc1ccc(-c2cc(C(=O)O[C@@H](C)C#N)c3sc(N4CCCCC4)nc3n2)cc1. The lowest BCUT2D eigenvalue weighted by molar-refractivity contribution is 0.0438. The Morgan fingerprint density at radius 3 is 2.62 bits per heavy atom. The molecule has 3 aromatic rings. The van der Waals surface area contributed by atoms with E-state index in [1.54, 1.807) is 13.0 Å². The lowest BCUT2D eigenvalue weighted by Crippen LogP contribution is -2.29. The predicted octanol–water partition coefficient (Wildman–Crippen LogP) is 4.73. The fraction of sp³-hybridized carbons (Fsp3) is 0.364. The number of aryl methyl sites for hydroxylation is 1. The first-order chi connectivity index (χ1) is 14.0. The van der Waals surface area contributed by atoms with Crippen molar-refractivity contribution in [2.75, 3.05) is 18.0 Å². The molecule has 0 radical (unpaired) electrons. The molecule has 0 saturated carbocycles. The number of anilines is 1. The number of pyridine rings is 1. The Bertz CT molecular complexity index is 1080. The van der Waals surface area contributed by atoms with Crippen molar-refractivity contribution in [3.05, 3.63) is 41.5 Å². The molecule has 1 fully saturated rings. The molecule has 7 heteroatoms. The highest BCUT2D eigenvalue weighted by atomic mass is 32.1. The number of ether oxygens (including phenoxy) is 1. The number of carbonyl (C=O) groups is 1. The van der Waals surface area contributed by atoms with Crippen molar-refractivity contribution in [3.63, 3.8) is 0 Å². The summed E-state index contributed by atoms with van der Waals surface area (Å²) in [5, 5.41) is 9.91. The summed E-state index contributed by atoms with van der Waals surface area (Å²) < 4.78 is 6.00. The van der Waals surface area contributed by atoms with E-state index in [-0.39, 0.29) is 0 Å². The normalized spacial score (nSPS) is 15.1. The van der Waals surface area contributed by atoms with Gasteiger partial charge in [0.05, 0.1) is 16.0 Å². The molecule has 1 atom stereocenters. The van der Waals surface area contributed by atoms with Crippen molar-refractivity contribution < 1.29 is 9.53 Å². The molecule has 1 saturated heterocycles. The summed E-state index contributed by atoms with van der Waals surface area (Å²) in [6.45, 7) is 5.52. The maximum absolute atomic E-state index is 12.8. The second-order valence-corrected chi connectivity index (χ2v) is 8.27. The van der Waals surface area contributed by atoms with Gasteiger partial charge in [0.25, 0.3) is 0 Å². The molecule has 0 spiro atoms. The Morgan fingerprint density at radius 2 is 1.93 bits per heavy atom. The van der Waals surface area contributed by atoms with Crippen LogP contribution in [0.25, 0.3) is 21.6 Å². The fourth-order valence-corrected chi connectivity index (χ4v) is 4.46. The van der Waals surface area contributed by atoms with Crippen LogP contribution in [-0.4, -0.2) is 35.1 Å². The highest BCUT2D eigenvalue weighted by molar-refractivity contribution is 7.22. The molecule has 148 valence electrons. The molecule has 0 aliphatic carbocycles. The minimum absolute atomic E-state index is 0.411. The molecular weight excluding hydrogens is 384 g/mol. The van der Waals surface area contributed by atoms with Crippen LogP contribution in [0.5, 0.6) is 0 Å². The molecule has 1 aliphatic rings. The minimum atomic E-state index is -0.817. The number of thiazole rings is 1. The van der Waals surface area contributed by atoms with Crippen molar-refractivity contribution in [2.45, 2.75) is 39.2 Å². The van der Waals surface area contributed by atoms with E-state index in [9.17, 15) is 4.79 Å². The van der Waals surface area contributed by atoms with Gasteiger partial charge >= 0.3 is 5.97 Å². The number of esters is 1. The van der Waals surface area contributed by atoms with E-state index in [0.717, 1.165) is 42.2 Å². The quantitative estimate of drug-likeness (QED) is 0.583. The van der Waals surface area contributed by atoms with Crippen molar-refractivity contribution in [1.29, 1.82) is 5.26 Å². The van der Waals surface area contributed by atoms with E-state index in [0.29, 0.717) is 21.6 Å². The van der Waals surface area contributed by atoms with Crippen LogP contribution >= 0.6 is 11.3 Å². The molecule has 1 aromatic carbocycles. The minimum Gasteiger partial charge on any atom is -0.444 e. The molecule has 2 aromatic heterocycles.